The summed E-state index contributed by atoms with van der Waals surface area (Å²) >= 11 is 32.8. The molecular formula is C54H46B2Br2Cl4F3IO8. The first kappa shape index (κ1) is 63.5. The zero-order valence-corrected chi connectivity index (χ0v) is 48.6. The molecular weight excluding hydrogens is 1280 g/mol. The molecule has 0 bridgehead atoms. The maximum atomic E-state index is 13.2. The van der Waals surface area contributed by atoms with E-state index in [1.54, 1.807) is 94.1 Å². The van der Waals surface area contributed by atoms with E-state index >= 15 is 0 Å². The molecule has 74 heavy (non-hydrogen) atoms. The quantitative estimate of drug-likeness (QED) is 0.0977. The molecule has 0 saturated carbocycles. The number of halogens is 10. The molecule has 20 heteroatoms. The summed E-state index contributed by atoms with van der Waals surface area (Å²) in [6.45, 7) is 4.00. The summed E-state index contributed by atoms with van der Waals surface area (Å²) in [6, 6.07) is 43.4. The van der Waals surface area contributed by atoms with Crippen molar-refractivity contribution in [2.45, 2.75) is 13.8 Å². The molecule has 8 nitrogen and oxygen atoms in total. The Labute approximate surface area is 481 Å². The van der Waals surface area contributed by atoms with Crippen molar-refractivity contribution < 1.29 is 51.5 Å². The van der Waals surface area contributed by atoms with Gasteiger partial charge in [0.2, 0.25) is 0 Å². The van der Waals surface area contributed by atoms with E-state index in [2.05, 4.69) is 59.1 Å². The third-order valence-electron chi connectivity index (χ3n) is 9.37. The van der Waals surface area contributed by atoms with E-state index in [4.69, 9.17) is 80.1 Å². The van der Waals surface area contributed by atoms with E-state index in [9.17, 15) is 13.2 Å². The van der Waals surface area contributed by atoms with E-state index in [-0.39, 0.29) is 23.2 Å². The van der Waals surface area contributed by atoms with E-state index < -0.39 is 0 Å². The minimum atomic E-state index is -0.361. The summed E-state index contributed by atoms with van der Waals surface area (Å²) < 4.78 is 72.1. The number of hydrogen-bond acceptors (Lipinski definition) is 8. The highest BCUT2D eigenvalue weighted by Gasteiger charge is 2.14. The van der Waals surface area contributed by atoms with Gasteiger partial charge in [-0.05, 0) is 158 Å². The molecule has 0 amide bonds. The predicted molar refractivity (Wildman–Crippen MR) is 311 cm³/mol. The van der Waals surface area contributed by atoms with Crippen molar-refractivity contribution in [1.29, 1.82) is 0 Å². The average Bonchev–Trinajstić information content (AvgIpc) is 3.39. The van der Waals surface area contributed by atoms with Crippen LogP contribution in [-0.2, 0) is 0 Å². The minimum Gasteiger partial charge on any atom is -0.537 e. The van der Waals surface area contributed by atoms with Crippen LogP contribution in [0.2, 0.25) is 20.1 Å². The highest BCUT2D eigenvalue weighted by molar-refractivity contribution is 14.1. The molecule has 0 aliphatic rings. The van der Waals surface area contributed by atoms with Gasteiger partial charge in [-0.25, -0.2) is 13.2 Å². The van der Waals surface area contributed by atoms with Crippen LogP contribution in [0.15, 0.2) is 167 Å². The summed E-state index contributed by atoms with van der Waals surface area (Å²) in [5.74, 6) is 2.53. The smallest absolute Gasteiger partial charge is 0.537 e. The number of rotatable bonds is 11. The zero-order valence-electron chi connectivity index (χ0n) is 40.3. The van der Waals surface area contributed by atoms with E-state index in [0.29, 0.717) is 63.8 Å². The van der Waals surface area contributed by atoms with Crippen LogP contribution in [0, 0.1) is 21.0 Å². The standard InChI is InChI=1S/C13H10BClFO3.C13H9ClFIO.C13H10ClFO.C7H6BrClO.C6H5BBrO2.C2H6/c1-18-12-7-11(15)10(6-13(12)19-14-17)8-3-2-4-9(16)5-8;1-17-13-7-11(14)10(6-12(13)16)8-3-2-4-9(15)5-8;1-16-11-5-6-12(13(14)8-11)9-3-2-4-10(15)7-9;1-10-5-2-3-6(8)7(9)4-5;8-5-2-1-3-6(4-5)10-7-9;1-2/h2-7,17H,1H3;2-7H,1H3;2-8H,1H3;2-4H,1H3;1-4,9H;1-2H3. The second kappa shape index (κ2) is 34.0. The lowest BCUT2D eigenvalue weighted by Gasteiger charge is -2.12. The van der Waals surface area contributed by atoms with Gasteiger partial charge in [0.25, 0.3) is 0 Å². The summed E-state index contributed by atoms with van der Waals surface area (Å²) in [7, 11) is 7.43. The summed E-state index contributed by atoms with van der Waals surface area (Å²) in [5.41, 5.74) is 4.30. The first-order chi connectivity index (χ1) is 35.5. The fourth-order valence-corrected chi connectivity index (χ4v) is 8.29. The molecule has 0 aromatic heterocycles. The topological polar surface area (TPSA) is 95.8 Å². The molecule has 2 N–H and O–H groups in total. The number of ether oxygens (including phenoxy) is 4. The molecule has 0 aliphatic heterocycles. The molecule has 0 heterocycles. The molecule has 0 fully saturated rings. The molecule has 8 aromatic rings. The predicted octanol–water partition coefficient (Wildman–Crippen LogP) is 17.5. The van der Waals surface area contributed by atoms with Crippen molar-refractivity contribution in [2.75, 3.05) is 28.4 Å². The Hall–Kier alpha value is -4.75. The minimum absolute atomic E-state index is 0.274. The third-order valence-corrected chi connectivity index (χ3v) is 12.9. The Morgan fingerprint density at radius 1 is 0.432 bits per heavy atom. The molecule has 8 rings (SSSR count). The Kier molecular flexibility index (Phi) is 29.2. The second-order valence-electron chi connectivity index (χ2n) is 14.0. The summed E-state index contributed by atoms with van der Waals surface area (Å²) in [6.07, 6.45) is 0. The molecule has 0 saturated heterocycles. The van der Waals surface area contributed by atoms with Gasteiger partial charge in [-0.1, -0.05) is 119 Å². The fourth-order valence-electron chi connectivity index (χ4n) is 6.00. The van der Waals surface area contributed by atoms with Crippen molar-refractivity contribution in [1.82, 2.24) is 0 Å². The van der Waals surface area contributed by atoms with Crippen molar-refractivity contribution in [3.63, 3.8) is 0 Å². The van der Waals surface area contributed by atoms with Crippen LogP contribution in [0.4, 0.5) is 13.2 Å². The van der Waals surface area contributed by atoms with Crippen LogP contribution >= 0.6 is 101 Å². The van der Waals surface area contributed by atoms with Crippen LogP contribution in [0.5, 0.6) is 34.5 Å². The van der Waals surface area contributed by atoms with Crippen molar-refractivity contribution in [2.24, 2.45) is 0 Å². The van der Waals surface area contributed by atoms with Crippen LogP contribution in [-0.4, -0.2) is 53.9 Å². The molecule has 0 aliphatic carbocycles. The van der Waals surface area contributed by atoms with Gasteiger partial charge in [0.05, 0.1) is 52.1 Å². The van der Waals surface area contributed by atoms with Crippen LogP contribution in [0.25, 0.3) is 33.4 Å². The third kappa shape index (κ3) is 20.8. The SMILES string of the molecule is CC.COc1cc(Cl)c(-c2cccc(F)c2)cc1I.COc1cc(Cl)c(-c2cccc(F)c2)cc1O[B]O.COc1ccc(-c2cccc(F)c2)c(Cl)c1.COc1ccc(Br)c(Cl)c1.O[B]Oc1cccc(Br)c1. The van der Waals surface area contributed by atoms with Gasteiger partial charge < -0.3 is 38.3 Å². The van der Waals surface area contributed by atoms with E-state index in [0.717, 1.165) is 46.3 Å². The van der Waals surface area contributed by atoms with Gasteiger partial charge in [0, 0.05) is 37.8 Å². The summed E-state index contributed by atoms with van der Waals surface area (Å²) in [5, 5.41) is 19.1. The molecule has 8 aromatic carbocycles. The molecule has 386 valence electrons. The molecule has 0 spiro atoms. The maximum Gasteiger partial charge on any atom is 0.569 e. The van der Waals surface area contributed by atoms with Crippen molar-refractivity contribution in [3.8, 4) is 67.9 Å². The summed E-state index contributed by atoms with van der Waals surface area (Å²) in [4.78, 5) is 0. The average molecular weight is 1330 g/mol. The second-order valence-corrected chi connectivity index (χ2v) is 18.6. The van der Waals surface area contributed by atoms with Crippen LogP contribution in [0.3, 0.4) is 0 Å². The first-order valence-electron chi connectivity index (χ1n) is 21.6. The Morgan fingerprint density at radius 2 is 0.878 bits per heavy atom. The lowest BCUT2D eigenvalue weighted by atomic mass is 10.0. The largest absolute Gasteiger partial charge is 0.569 e. The maximum absolute atomic E-state index is 13.2. The van der Waals surface area contributed by atoms with E-state index in [1.807, 2.05) is 62.4 Å². The Balaban J connectivity index is 0.000000247. The van der Waals surface area contributed by atoms with Crippen molar-refractivity contribution >= 4 is 116 Å². The van der Waals surface area contributed by atoms with E-state index in [1.165, 1.54) is 43.5 Å². The highest BCUT2D eigenvalue weighted by atomic mass is 127. The highest BCUT2D eigenvalue weighted by Crippen LogP contribution is 2.39. The Bertz CT molecular complexity index is 3030. The van der Waals surface area contributed by atoms with Crippen molar-refractivity contribution in [3.05, 3.63) is 208 Å². The van der Waals surface area contributed by atoms with Gasteiger partial charge >= 0.3 is 15.4 Å². The number of methoxy groups -OCH3 is 4. The lowest BCUT2D eigenvalue weighted by molar-refractivity contribution is 0.382. The Morgan fingerprint density at radius 3 is 1.32 bits per heavy atom. The fraction of sp³-hybridized carbons (Fsp3) is 0.111. The number of benzene rings is 8. The molecule has 2 radical (unpaired) electrons. The van der Waals surface area contributed by atoms with Gasteiger partial charge in [0.1, 0.15) is 46.2 Å². The monoisotopic (exact) mass is 1330 g/mol. The molecule has 0 atom stereocenters. The van der Waals surface area contributed by atoms with Gasteiger partial charge in [-0.3, -0.25) is 0 Å². The van der Waals surface area contributed by atoms with Crippen LogP contribution < -0.4 is 28.3 Å². The first-order valence-corrected chi connectivity index (χ1v) is 25.7. The van der Waals surface area contributed by atoms with Gasteiger partial charge in [-0.15, -0.1) is 0 Å². The van der Waals surface area contributed by atoms with Gasteiger partial charge in [0.15, 0.2) is 5.75 Å². The zero-order chi connectivity index (χ0) is 54.7. The van der Waals surface area contributed by atoms with Crippen LogP contribution in [0.1, 0.15) is 13.8 Å². The lowest BCUT2D eigenvalue weighted by Crippen LogP contribution is -2.02. The number of hydrogen-bond donors (Lipinski definition) is 2. The molecule has 0 unspecified atom stereocenters. The normalized spacial score (nSPS) is 9.76. The van der Waals surface area contributed by atoms with Gasteiger partial charge in [-0.2, -0.15) is 0 Å².